The first-order chi connectivity index (χ1) is 17.0. The molecule has 0 bridgehead atoms. The number of benzene rings is 2. The Morgan fingerprint density at radius 2 is 2.09 bits per heavy atom. The number of fused-ring (bicyclic) bond motifs is 4. The largest absolute Gasteiger partial charge is 0.495 e. The maximum Gasteiger partial charge on any atom is 0.225 e. The molecule has 3 heterocycles. The third-order valence-electron chi connectivity index (χ3n) is 6.91. The van der Waals surface area contributed by atoms with E-state index in [2.05, 4.69) is 10.3 Å². The first-order valence-electron chi connectivity index (χ1n) is 11.6. The number of anilines is 1. The van der Waals surface area contributed by atoms with E-state index < -0.39 is 0 Å². The van der Waals surface area contributed by atoms with Crippen molar-refractivity contribution in [1.29, 1.82) is 0 Å². The molecule has 0 saturated heterocycles. The number of ketones is 1. The van der Waals surface area contributed by atoms with Gasteiger partial charge in [0.1, 0.15) is 40.7 Å². The molecule has 2 aliphatic heterocycles. The van der Waals surface area contributed by atoms with E-state index in [1.54, 1.807) is 19.4 Å². The Morgan fingerprint density at radius 3 is 2.94 bits per heavy atom. The molecular weight excluding hydrogens is 468 g/mol. The molecule has 1 amide bonds. The quantitative estimate of drug-likeness (QED) is 0.496. The summed E-state index contributed by atoms with van der Waals surface area (Å²) in [4.78, 5) is 28.7. The molecule has 3 atom stereocenters. The number of rotatable bonds is 7. The van der Waals surface area contributed by atoms with Gasteiger partial charge in [0.05, 0.1) is 12.1 Å². The van der Waals surface area contributed by atoms with E-state index in [0.717, 1.165) is 22.4 Å². The van der Waals surface area contributed by atoms with Crippen molar-refractivity contribution in [3.05, 3.63) is 70.4 Å². The van der Waals surface area contributed by atoms with Crippen molar-refractivity contribution in [3.8, 4) is 23.0 Å². The van der Waals surface area contributed by atoms with Crippen molar-refractivity contribution in [1.82, 2.24) is 4.98 Å². The van der Waals surface area contributed by atoms with Gasteiger partial charge < -0.3 is 19.5 Å². The maximum atomic E-state index is 12.8. The average molecular weight is 491 g/mol. The molecule has 3 aliphatic rings. The van der Waals surface area contributed by atoms with Crippen molar-refractivity contribution in [2.75, 3.05) is 12.4 Å². The average Bonchev–Trinajstić information content (AvgIpc) is 3.36. The van der Waals surface area contributed by atoms with Crippen LogP contribution in [0.3, 0.4) is 0 Å². The van der Waals surface area contributed by atoms with E-state index in [4.69, 9.17) is 25.8 Å². The highest BCUT2D eigenvalue weighted by molar-refractivity contribution is 6.33. The number of methoxy groups -OCH3 is 1. The van der Waals surface area contributed by atoms with Gasteiger partial charge >= 0.3 is 0 Å². The summed E-state index contributed by atoms with van der Waals surface area (Å²) < 4.78 is 17.5. The highest BCUT2D eigenvalue weighted by atomic mass is 35.5. The van der Waals surface area contributed by atoms with Crippen LogP contribution in [0, 0.1) is 5.92 Å². The first kappa shape index (κ1) is 21.9. The maximum absolute atomic E-state index is 12.8. The third kappa shape index (κ3) is 4.00. The summed E-state index contributed by atoms with van der Waals surface area (Å²) in [6.07, 6.45) is 3.35. The lowest BCUT2D eigenvalue weighted by Gasteiger charge is -2.19. The number of pyridine rings is 1. The molecule has 1 fully saturated rings. The second kappa shape index (κ2) is 8.57. The van der Waals surface area contributed by atoms with E-state index in [9.17, 15) is 9.59 Å². The fourth-order valence-corrected chi connectivity index (χ4v) is 5.41. The highest BCUT2D eigenvalue weighted by Crippen LogP contribution is 2.60. The number of amides is 1. The van der Waals surface area contributed by atoms with Gasteiger partial charge in [-0.1, -0.05) is 23.7 Å². The number of halogens is 1. The van der Waals surface area contributed by atoms with Gasteiger partial charge in [-0.25, -0.2) is 4.98 Å². The second-order valence-electron chi connectivity index (χ2n) is 9.11. The van der Waals surface area contributed by atoms with Crippen molar-refractivity contribution in [3.63, 3.8) is 0 Å². The fraction of sp³-hybridized carbons (Fsp3) is 0.296. The topological polar surface area (TPSA) is 86.8 Å². The fourth-order valence-electron chi connectivity index (χ4n) is 5.14. The predicted octanol–water partition coefficient (Wildman–Crippen LogP) is 5.10. The Balaban J connectivity index is 1.14. The van der Waals surface area contributed by atoms with Crippen LogP contribution in [0.15, 0.2) is 48.7 Å². The number of Topliss-reactive ketones (excluding diaryl/α,β-unsaturated/α-hetero) is 1. The van der Waals surface area contributed by atoms with Crippen LogP contribution in [0.1, 0.15) is 35.4 Å². The summed E-state index contributed by atoms with van der Waals surface area (Å²) in [7, 11) is 1.56. The molecule has 7 nitrogen and oxygen atoms in total. The van der Waals surface area contributed by atoms with E-state index in [1.165, 1.54) is 0 Å². The van der Waals surface area contributed by atoms with E-state index in [1.807, 2.05) is 36.4 Å². The number of carbonyl (C=O) groups excluding carboxylic acids is 2. The van der Waals surface area contributed by atoms with Crippen LogP contribution in [0.4, 0.5) is 5.82 Å². The van der Waals surface area contributed by atoms with Gasteiger partial charge in [-0.15, -0.1) is 0 Å². The SMILES string of the molecule is COc1cccc(CC(=O)C[C@@H]2[C@H]3Oc4ccc(Oc5ccnc6c5CCC(=O)N6)cc4[C@@H]23)c1Cl. The molecule has 6 rings (SSSR count). The number of nitrogens with one attached hydrogen (secondary N) is 1. The minimum atomic E-state index is -0.0362. The lowest BCUT2D eigenvalue weighted by atomic mass is 10.0. The normalized spacial score (nSPS) is 21.2. The number of hydrogen-bond acceptors (Lipinski definition) is 6. The van der Waals surface area contributed by atoms with Crippen LogP contribution in [0.25, 0.3) is 0 Å². The van der Waals surface area contributed by atoms with E-state index in [0.29, 0.717) is 47.4 Å². The van der Waals surface area contributed by atoms with Crippen LogP contribution >= 0.6 is 11.6 Å². The molecular formula is C27H23ClN2O5. The Hall–Kier alpha value is -3.58. The smallest absolute Gasteiger partial charge is 0.225 e. The number of carbonyl (C=O) groups is 2. The van der Waals surface area contributed by atoms with Gasteiger partial charge in [0, 0.05) is 48.4 Å². The van der Waals surface area contributed by atoms with Crippen LogP contribution in [-0.2, 0) is 22.4 Å². The number of ether oxygens (including phenoxy) is 3. The molecule has 178 valence electrons. The molecule has 1 aliphatic carbocycles. The van der Waals surface area contributed by atoms with Crippen molar-refractivity contribution in [2.24, 2.45) is 5.92 Å². The zero-order valence-corrected chi connectivity index (χ0v) is 19.8. The molecule has 1 aromatic heterocycles. The van der Waals surface area contributed by atoms with Crippen LogP contribution in [-0.4, -0.2) is 29.9 Å². The predicted molar refractivity (Wildman–Crippen MR) is 130 cm³/mol. The summed E-state index contributed by atoms with van der Waals surface area (Å²) in [5.74, 6) is 3.77. The summed E-state index contributed by atoms with van der Waals surface area (Å²) in [6, 6.07) is 13.1. The lowest BCUT2D eigenvalue weighted by molar-refractivity contribution is -0.119. The molecule has 0 spiro atoms. The van der Waals surface area contributed by atoms with Gasteiger partial charge in [-0.2, -0.15) is 0 Å². The summed E-state index contributed by atoms with van der Waals surface area (Å²) in [5, 5.41) is 3.28. The Bertz CT molecular complexity index is 1360. The summed E-state index contributed by atoms with van der Waals surface area (Å²) in [5.41, 5.74) is 2.74. The molecule has 3 aromatic rings. The molecule has 2 aromatic carbocycles. The number of aromatic nitrogens is 1. The summed E-state index contributed by atoms with van der Waals surface area (Å²) >= 11 is 6.36. The Labute approximate surface area is 207 Å². The van der Waals surface area contributed by atoms with Gasteiger partial charge in [0.25, 0.3) is 0 Å². The number of hydrogen-bond donors (Lipinski definition) is 1. The second-order valence-corrected chi connectivity index (χ2v) is 9.49. The summed E-state index contributed by atoms with van der Waals surface area (Å²) in [6.45, 7) is 0. The van der Waals surface area contributed by atoms with Gasteiger partial charge in [-0.05, 0) is 42.3 Å². The van der Waals surface area contributed by atoms with Crippen molar-refractivity contribution in [2.45, 2.75) is 37.7 Å². The van der Waals surface area contributed by atoms with Crippen molar-refractivity contribution >= 4 is 29.1 Å². The minimum absolute atomic E-state index is 0.0221. The van der Waals surface area contributed by atoms with E-state index in [-0.39, 0.29) is 36.1 Å². The minimum Gasteiger partial charge on any atom is -0.495 e. The van der Waals surface area contributed by atoms with Crippen LogP contribution in [0.2, 0.25) is 5.02 Å². The molecule has 1 saturated carbocycles. The number of nitrogens with zero attached hydrogens (tertiary/aromatic N) is 1. The first-order valence-corrected chi connectivity index (χ1v) is 12.0. The van der Waals surface area contributed by atoms with Crippen molar-refractivity contribution < 1.29 is 23.8 Å². The zero-order valence-electron chi connectivity index (χ0n) is 19.0. The molecule has 8 heteroatoms. The van der Waals surface area contributed by atoms with Crippen LogP contribution < -0.4 is 19.5 Å². The molecule has 0 radical (unpaired) electrons. The molecule has 0 unspecified atom stereocenters. The lowest BCUT2D eigenvalue weighted by Crippen LogP contribution is -2.20. The van der Waals surface area contributed by atoms with Crippen LogP contribution in [0.5, 0.6) is 23.0 Å². The third-order valence-corrected chi connectivity index (χ3v) is 7.34. The monoisotopic (exact) mass is 490 g/mol. The van der Waals surface area contributed by atoms with Gasteiger partial charge in [0.2, 0.25) is 5.91 Å². The van der Waals surface area contributed by atoms with E-state index >= 15 is 0 Å². The molecule has 35 heavy (non-hydrogen) atoms. The Morgan fingerprint density at radius 1 is 1.20 bits per heavy atom. The van der Waals surface area contributed by atoms with Gasteiger partial charge in [0.15, 0.2) is 0 Å². The zero-order chi connectivity index (χ0) is 24.1. The molecule has 1 N–H and O–H groups in total. The van der Waals surface area contributed by atoms with Gasteiger partial charge in [-0.3, -0.25) is 9.59 Å². The Kier molecular flexibility index (Phi) is 5.37. The standard InChI is InChI=1S/C27H23ClN2O5/c1-33-22-4-2-3-14(25(22)28)11-15(31)12-19-24-18-13-16(5-7-20(18)35-26(19)24)34-21-9-10-29-27-17(21)6-8-23(32)30-27/h2-5,7,9-10,13,19,24,26H,6,8,11-12H2,1H3,(H,29,30,32)/t19-,24-,26+/m0/s1. The highest BCUT2D eigenvalue weighted by Gasteiger charge is 2.59.